The van der Waals surface area contributed by atoms with E-state index >= 15 is 0 Å². The van der Waals surface area contributed by atoms with E-state index in [1.54, 1.807) is 25.6 Å². The lowest BCUT2D eigenvalue weighted by atomic mass is 10.1. The fourth-order valence-electron chi connectivity index (χ4n) is 3.22. The fourth-order valence-corrected chi connectivity index (χ4v) is 5.95. The molecular weight excluding hydrogens is 436 g/mol. The van der Waals surface area contributed by atoms with E-state index in [2.05, 4.69) is 0 Å². The first kappa shape index (κ1) is 25.9. The second-order valence-electron chi connectivity index (χ2n) is 7.16. The van der Waals surface area contributed by atoms with E-state index in [1.165, 1.54) is 0 Å². The van der Waals surface area contributed by atoms with E-state index in [0.29, 0.717) is 57.4 Å². The Bertz CT molecular complexity index is 633. The Balaban J connectivity index is 1.72. The average Bonchev–Trinajstić information content (AvgIpc) is 3.18. The average molecular weight is 471 g/mol. The zero-order valence-corrected chi connectivity index (χ0v) is 20.1. The van der Waals surface area contributed by atoms with Crippen LogP contribution in [0.4, 0.5) is 0 Å². The van der Waals surface area contributed by atoms with Gasteiger partial charge in [-0.2, -0.15) is 11.8 Å². The molecule has 2 rings (SSSR count). The molecule has 1 heterocycles. The summed E-state index contributed by atoms with van der Waals surface area (Å²) in [5.41, 5.74) is 0. The van der Waals surface area contributed by atoms with Crippen LogP contribution in [0.3, 0.4) is 0 Å². The predicted octanol–water partition coefficient (Wildman–Crippen LogP) is 4.70. The second kappa shape index (κ2) is 14.6. The second-order valence-corrected chi connectivity index (χ2v) is 9.96. The number of rotatable bonds is 15. The quantitative estimate of drug-likeness (QED) is 0.270. The largest absolute Gasteiger partial charge is 0.494 e. The van der Waals surface area contributed by atoms with Crippen molar-refractivity contribution in [3.05, 3.63) is 30.3 Å². The maximum Gasteiger partial charge on any atom is 0.305 e. The van der Waals surface area contributed by atoms with Gasteiger partial charge >= 0.3 is 11.9 Å². The summed E-state index contributed by atoms with van der Waals surface area (Å²) in [4.78, 5) is 23.2. The van der Waals surface area contributed by atoms with Crippen molar-refractivity contribution in [1.82, 2.24) is 0 Å². The highest BCUT2D eigenvalue weighted by Crippen LogP contribution is 2.45. The van der Waals surface area contributed by atoms with Crippen molar-refractivity contribution in [1.29, 1.82) is 0 Å². The first-order valence-electron chi connectivity index (χ1n) is 11.0. The molecule has 1 aromatic rings. The van der Waals surface area contributed by atoms with Crippen LogP contribution in [-0.2, 0) is 23.8 Å². The number of benzene rings is 1. The van der Waals surface area contributed by atoms with Gasteiger partial charge in [-0.25, -0.2) is 0 Å². The highest BCUT2D eigenvalue weighted by molar-refractivity contribution is 8.04. The Morgan fingerprint density at radius 1 is 1.10 bits per heavy atom. The van der Waals surface area contributed by atoms with Crippen LogP contribution < -0.4 is 4.74 Å². The summed E-state index contributed by atoms with van der Waals surface area (Å²) in [7, 11) is 0. The normalized spacial score (nSPS) is 17.3. The smallest absolute Gasteiger partial charge is 0.305 e. The molecule has 174 valence electrons. The molecule has 0 radical (unpaired) electrons. The van der Waals surface area contributed by atoms with Crippen molar-refractivity contribution in [3.8, 4) is 5.75 Å². The standard InChI is InChI=1S/C23H34O6S2/c1-3-26-21(24)11-13-23(14-12-22(25)27-4-2)29-17-20(31-23)18-30-16-8-15-28-19-9-6-5-7-10-19/h5-7,9-10,20H,3-4,8,11-18H2,1-2H3. The van der Waals surface area contributed by atoms with E-state index in [4.69, 9.17) is 18.9 Å². The van der Waals surface area contributed by atoms with Crippen LogP contribution in [0.2, 0.25) is 0 Å². The first-order chi connectivity index (χ1) is 15.1. The van der Waals surface area contributed by atoms with Gasteiger partial charge in [0.1, 0.15) is 10.7 Å². The number of ether oxygens (including phenoxy) is 4. The predicted molar refractivity (Wildman–Crippen MR) is 126 cm³/mol. The maximum atomic E-state index is 11.8. The van der Waals surface area contributed by atoms with Gasteiger partial charge in [0.05, 0.1) is 26.4 Å². The summed E-state index contributed by atoms with van der Waals surface area (Å²) in [6, 6.07) is 9.84. The molecule has 0 aromatic heterocycles. The third-order valence-corrected chi connectivity index (χ3v) is 7.71. The Hall–Kier alpha value is -1.38. The highest BCUT2D eigenvalue weighted by Gasteiger charge is 2.41. The highest BCUT2D eigenvalue weighted by atomic mass is 32.2. The number of carbonyl (C=O) groups excluding carboxylic acids is 2. The molecule has 0 N–H and O–H groups in total. The van der Waals surface area contributed by atoms with Crippen molar-refractivity contribution in [2.45, 2.75) is 56.1 Å². The van der Waals surface area contributed by atoms with Crippen molar-refractivity contribution in [3.63, 3.8) is 0 Å². The lowest BCUT2D eigenvalue weighted by molar-refractivity contribution is -0.144. The Morgan fingerprint density at radius 3 is 2.35 bits per heavy atom. The molecule has 1 aliphatic heterocycles. The summed E-state index contributed by atoms with van der Waals surface area (Å²) in [6.07, 6.45) is 2.65. The van der Waals surface area contributed by atoms with Crippen molar-refractivity contribution in [2.24, 2.45) is 0 Å². The fraction of sp³-hybridized carbons (Fsp3) is 0.652. The van der Waals surface area contributed by atoms with E-state index in [9.17, 15) is 9.59 Å². The van der Waals surface area contributed by atoms with E-state index in [-0.39, 0.29) is 11.9 Å². The third-order valence-electron chi connectivity index (χ3n) is 4.69. The van der Waals surface area contributed by atoms with E-state index < -0.39 is 4.93 Å². The van der Waals surface area contributed by atoms with Crippen molar-refractivity contribution < 1.29 is 28.5 Å². The van der Waals surface area contributed by atoms with Gasteiger partial charge in [0.25, 0.3) is 0 Å². The van der Waals surface area contributed by atoms with Crippen LogP contribution in [0.1, 0.15) is 46.0 Å². The molecule has 1 atom stereocenters. The molecule has 1 unspecified atom stereocenters. The van der Waals surface area contributed by atoms with Crippen LogP contribution in [0.5, 0.6) is 5.75 Å². The molecule has 1 saturated heterocycles. The molecule has 0 spiro atoms. The zero-order chi connectivity index (χ0) is 22.4. The lowest BCUT2D eigenvalue weighted by Crippen LogP contribution is -2.27. The minimum Gasteiger partial charge on any atom is -0.494 e. The summed E-state index contributed by atoms with van der Waals surface area (Å²) in [5.74, 6) is 2.44. The zero-order valence-electron chi connectivity index (χ0n) is 18.5. The number of hydrogen-bond donors (Lipinski definition) is 0. The minimum absolute atomic E-state index is 0.224. The molecule has 0 saturated carbocycles. The molecular formula is C23H34O6S2. The number of esters is 2. The van der Waals surface area contributed by atoms with Crippen LogP contribution in [0, 0.1) is 0 Å². The lowest BCUT2D eigenvalue weighted by Gasteiger charge is -2.27. The molecule has 1 aromatic carbocycles. The molecule has 31 heavy (non-hydrogen) atoms. The Morgan fingerprint density at radius 2 is 1.74 bits per heavy atom. The van der Waals surface area contributed by atoms with Crippen LogP contribution in [0.15, 0.2) is 30.3 Å². The number of hydrogen-bond acceptors (Lipinski definition) is 8. The molecule has 0 aliphatic carbocycles. The summed E-state index contributed by atoms with van der Waals surface area (Å²) >= 11 is 3.64. The monoisotopic (exact) mass is 470 g/mol. The number of para-hydroxylation sites is 1. The number of carbonyl (C=O) groups is 2. The SMILES string of the molecule is CCOC(=O)CCC1(CCC(=O)OCC)OCC(CSCCCOc2ccccc2)S1. The van der Waals surface area contributed by atoms with Gasteiger partial charge in [-0.15, -0.1) is 11.8 Å². The number of thioether (sulfide) groups is 2. The van der Waals surface area contributed by atoms with Crippen molar-refractivity contribution >= 4 is 35.5 Å². The van der Waals surface area contributed by atoms with Crippen LogP contribution in [0.25, 0.3) is 0 Å². The van der Waals surface area contributed by atoms with Gasteiger partial charge in [0, 0.05) is 23.8 Å². The van der Waals surface area contributed by atoms with Gasteiger partial charge in [0.2, 0.25) is 0 Å². The maximum absolute atomic E-state index is 11.8. The first-order valence-corrected chi connectivity index (χ1v) is 13.0. The van der Waals surface area contributed by atoms with Gasteiger partial charge in [-0.3, -0.25) is 9.59 Å². The summed E-state index contributed by atoms with van der Waals surface area (Å²) < 4.78 is 22.0. The molecule has 0 bridgehead atoms. The summed E-state index contributed by atoms with van der Waals surface area (Å²) in [6.45, 7) is 5.67. The van der Waals surface area contributed by atoms with Crippen LogP contribution in [-0.4, -0.2) is 60.1 Å². The molecule has 1 aliphatic rings. The Labute approximate surface area is 194 Å². The minimum atomic E-state index is -0.527. The van der Waals surface area contributed by atoms with Crippen molar-refractivity contribution in [2.75, 3.05) is 37.9 Å². The van der Waals surface area contributed by atoms with Gasteiger partial charge in [-0.05, 0) is 51.0 Å². The van der Waals surface area contributed by atoms with Gasteiger partial charge < -0.3 is 18.9 Å². The Kier molecular flexibility index (Phi) is 12.2. The molecule has 1 fully saturated rings. The third kappa shape index (κ3) is 10.2. The molecule has 6 nitrogen and oxygen atoms in total. The van der Waals surface area contributed by atoms with Crippen LogP contribution >= 0.6 is 23.5 Å². The molecule has 0 amide bonds. The van der Waals surface area contributed by atoms with Gasteiger partial charge in [-0.1, -0.05) is 18.2 Å². The molecule has 8 heteroatoms. The van der Waals surface area contributed by atoms with E-state index in [1.807, 2.05) is 42.1 Å². The summed E-state index contributed by atoms with van der Waals surface area (Å²) in [5, 5.41) is 0.337. The van der Waals surface area contributed by atoms with E-state index in [0.717, 1.165) is 23.7 Å². The topological polar surface area (TPSA) is 71.1 Å². The van der Waals surface area contributed by atoms with Gasteiger partial charge in [0.15, 0.2) is 0 Å².